The maximum atomic E-state index is 12.0. The topological polar surface area (TPSA) is 73.9 Å². The first-order valence-corrected chi connectivity index (χ1v) is 7.47. The number of esters is 1. The number of hydrogen-bond donors (Lipinski definition) is 1. The molecule has 6 nitrogen and oxygen atoms in total. The predicted molar refractivity (Wildman–Crippen MR) is 79.7 cm³/mol. The van der Waals surface area contributed by atoms with Crippen LogP contribution in [0, 0.1) is 0 Å². The van der Waals surface area contributed by atoms with Gasteiger partial charge in [0.2, 0.25) is 5.91 Å². The second kappa shape index (κ2) is 12.3. The fourth-order valence-corrected chi connectivity index (χ4v) is 1.60. The maximum Gasteiger partial charge on any atom is 0.334 e. The van der Waals surface area contributed by atoms with E-state index in [0.29, 0.717) is 13.2 Å². The number of carbonyl (C=O) groups is 2. The van der Waals surface area contributed by atoms with Crippen LogP contribution in [0.2, 0.25) is 0 Å². The number of rotatable bonds is 11. The Balaban J connectivity index is 4.85. The summed E-state index contributed by atoms with van der Waals surface area (Å²) in [5.74, 6) is -0.937. The fourth-order valence-electron chi connectivity index (χ4n) is 1.60. The molecule has 0 aromatic rings. The van der Waals surface area contributed by atoms with E-state index >= 15 is 0 Å². The molecule has 1 N–H and O–H groups in total. The molecular formula is C15H27NO5. The van der Waals surface area contributed by atoms with Crippen molar-refractivity contribution < 1.29 is 23.8 Å². The predicted octanol–water partition coefficient (Wildman–Crippen LogP) is 1.79. The van der Waals surface area contributed by atoms with Gasteiger partial charge in [-0.05, 0) is 33.3 Å². The Bertz CT molecular complexity index is 324. The third kappa shape index (κ3) is 8.47. The Labute approximate surface area is 126 Å². The summed E-state index contributed by atoms with van der Waals surface area (Å²) in [5, 5.41) is 2.58. The highest BCUT2D eigenvalue weighted by Crippen LogP contribution is 2.05. The molecule has 0 rings (SSSR count). The van der Waals surface area contributed by atoms with Crippen LogP contribution < -0.4 is 5.32 Å². The summed E-state index contributed by atoms with van der Waals surface area (Å²) < 4.78 is 15.7. The number of hydrogen-bond acceptors (Lipinski definition) is 5. The summed E-state index contributed by atoms with van der Waals surface area (Å²) in [6.45, 7) is 8.25. The number of allylic oxidation sites excluding steroid dienone is 1. The lowest BCUT2D eigenvalue weighted by molar-refractivity contribution is -0.180. The summed E-state index contributed by atoms with van der Waals surface area (Å²) >= 11 is 0. The van der Waals surface area contributed by atoms with Gasteiger partial charge in [0.25, 0.3) is 0 Å². The molecule has 1 atom stereocenters. The third-order valence-electron chi connectivity index (χ3n) is 2.50. The second-order valence-corrected chi connectivity index (χ2v) is 4.21. The zero-order valence-corrected chi connectivity index (χ0v) is 13.4. The molecule has 1 amide bonds. The van der Waals surface area contributed by atoms with Gasteiger partial charge in [0.15, 0.2) is 12.3 Å². The quantitative estimate of drug-likeness (QED) is 0.358. The van der Waals surface area contributed by atoms with Crippen molar-refractivity contribution in [3.05, 3.63) is 12.2 Å². The van der Waals surface area contributed by atoms with Crippen molar-refractivity contribution in [3.8, 4) is 0 Å². The van der Waals surface area contributed by atoms with Gasteiger partial charge in [-0.15, -0.1) is 0 Å². The zero-order valence-electron chi connectivity index (χ0n) is 13.4. The van der Waals surface area contributed by atoms with E-state index in [-0.39, 0.29) is 12.5 Å². The molecule has 0 aromatic carbocycles. The van der Waals surface area contributed by atoms with E-state index < -0.39 is 18.3 Å². The minimum Gasteiger partial charge on any atom is -0.464 e. The van der Waals surface area contributed by atoms with Gasteiger partial charge in [-0.3, -0.25) is 4.79 Å². The molecule has 0 radical (unpaired) electrons. The van der Waals surface area contributed by atoms with E-state index in [9.17, 15) is 9.59 Å². The highest BCUT2D eigenvalue weighted by atomic mass is 16.7. The standard InChI is InChI=1S/C15H27NO5/c1-5-9-10-11-12(17)16-13(14(18)19-6-2)15(20-7-3)21-8-4/h10-11,13,15H,5-9H2,1-4H3,(H,16,17)/b11-10+/t13-/m1/s1. The molecule has 0 aromatic heterocycles. The van der Waals surface area contributed by atoms with E-state index in [1.807, 2.05) is 6.92 Å². The number of carbonyl (C=O) groups excluding carboxylic acids is 2. The van der Waals surface area contributed by atoms with Crippen molar-refractivity contribution >= 4 is 11.9 Å². The van der Waals surface area contributed by atoms with Crippen LogP contribution in [-0.4, -0.2) is 44.0 Å². The van der Waals surface area contributed by atoms with Gasteiger partial charge in [-0.25, -0.2) is 4.79 Å². The molecule has 0 bridgehead atoms. The fraction of sp³-hybridized carbons (Fsp3) is 0.733. The Kier molecular flexibility index (Phi) is 11.5. The van der Waals surface area contributed by atoms with Crippen molar-refractivity contribution in [2.45, 2.75) is 52.9 Å². The van der Waals surface area contributed by atoms with Gasteiger partial charge in [0, 0.05) is 13.2 Å². The summed E-state index contributed by atoms with van der Waals surface area (Å²) in [6.07, 6.45) is 4.06. The molecular weight excluding hydrogens is 274 g/mol. The van der Waals surface area contributed by atoms with Crippen LogP contribution in [0.4, 0.5) is 0 Å². The summed E-state index contributed by atoms with van der Waals surface area (Å²) in [6, 6.07) is -0.983. The SMILES string of the molecule is CCC/C=C/C(=O)N[C@H](C(=O)OCC)C(OCC)OCC. The molecule has 6 heteroatoms. The van der Waals surface area contributed by atoms with Gasteiger partial charge < -0.3 is 19.5 Å². The molecule has 122 valence electrons. The largest absolute Gasteiger partial charge is 0.464 e. The Hall–Kier alpha value is -1.40. The average molecular weight is 301 g/mol. The lowest BCUT2D eigenvalue weighted by Gasteiger charge is -2.25. The normalized spacial score (nSPS) is 12.6. The first-order chi connectivity index (χ1) is 10.1. The molecule has 0 saturated heterocycles. The summed E-state index contributed by atoms with van der Waals surface area (Å²) in [5.41, 5.74) is 0. The lowest BCUT2D eigenvalue weighted by Crippen LogP contribution is -2.51. The number of ether oxygens (including phenoxy) is 3. The highest BCUT2D eigenvalue weighted by Gasteiger charge is 2.32. The number of amides is 1. The van der Waals surface area contributed by atoms with Crippen LogP contribution in [0.15, 0.2) is 12.2 Å². The molecule has 21 heavy (non-hydrogen) atoms. The number of unbranched alkanes of at least 4 members (excludes halogenated alkanes) is 1. The van der Waals surface area contributed by atoms with Gasteiger partial charge in [0.05, 0.1) is 6.61 Å². The monoisotopic (exact) mass is 301 g/mol. The molecule has 0 spiro atoms. The average Bonchev–Trinajstić information content (AvgIpc) is 2.45. The summed E-state index contributed by atoms with van der Waals surface area (Å²) in [7, 11) is 0. The van der Waals surface area contributed by atoms with Crippen molar-refractivity contribution in [2.75, 3.05) is 19.8 Å². The van der Waals surface area contributed by atoms with Gasteiger partial charge in [-0.1, -0.05) is 19.4 Å². The minimum absolute atomic E-state index is 0.224. The van der Waals surface area contributed by atoms with Crippen LogP contribution in [0.5, 0.6) is 0 Å². The van der Waals surface area contributed by atoms with Crippen LogP contribution in [0.3, 0.4) is 0 Å². The Morgan fingerprint density at radius 3 is 2.14 bits per heavy atom. The maximum absolute atomic E-state index is 12.0. The van der Waals surface area contributed by atoms with E-state index in [4.69, 9.17) is 14.2 Å². The highest BCUT2D eigenvalue weighted by molar-refractivity contribution is 5.91. The van der Waals surface area contributed by atoms with Crippen molar-refractivity contribution in [2.24, 2.45) is 0 Å². The van der Waals surface area contributed by atoms with E-state index in [2.05, 4.69) is 5.32 Å². The Morgan fingerprint density at radius 1 is 1.05 bits per heavy atom. The van der Waals surface area contributed by atoms with Crippen LogP contribution >= 0.6 is 0 Å². The minimum atomic E-state index is -0.983. The Morgan fingerprint density at radius 2 is 1.67 bits per heavy atom. The lowest BCUT2D eigenvalue weighted by atomic mass is 10.2. The molecule has 0 fully saturated rings. The van der Waals surface area contributed by atoms with Crippen molar-refractivity contribution in [1.82, 2.24) is 5.32 Å². The van der Waals surface area contributed by atoms with Crippen LogP contribution in [0.25, 0.3) is 0 Å². The second-order valence-electron chi connectivity index (χ2n) is 4.21. The van der Waals surface area contributed by atoms with Crippen molar-refractivity contribution in [1.29, 1.82) is 0 Å². The first-order valence-electron chi connectivity index (χ1n) is 7.47. The van der Waals surface area contributed by atoms with Gasteiger partial charge in [-0.2, -0.15) is 0 Å². The molecule has 0 unspecified atom stereocenters. The van der Waals surface area contributed by atoms with E-state index in [1.54, 1.807) is 26.8 Å². The summed E-state index contributed by atoms with van der Waals surface area (Å²) in [4.78, 5) is 23.8. The first kappa shape index (κ1) is 19.6. The molecule has 0 aliphatic heterocycles. The molecule has 0 saturated carbocycles. The van der Waals surface area contributed by atoms with Gasteiger partial charge in [0.1, 0.15) is 0 Å². The third-order valence-corrected chi connectivity index (χ3v) is 2.50. The number of nitrogens with one attached hydrogen (secondary N) is 1. The molecule has 0 aliphatic rings. The van der Waals surface area contributed by atoms with Crippen LogP contribution in [0.1, 0.15) is 40.5 Å². The van der Waals surface area contributed by atoms with Crippen LogP contribution in [-0.2, 0) is 23.8 Å². The molecule has 0 aliphatic carbocycles. The zero-order chi connectivity index (χ0) is 16.1. The smallest absolute Gasteiger partial charge is 0.334 e. The van der Waals surface area contributed by atoms with Crippen molar-refractivity contribution in [3.63, 3.8) is 0 Å². The molecule has 0 heterocycles. The van der Waals surface area contributed by atoms with E-state index in [0.717, 1.165) is 12.8 Å². The van der Waals surface area contributed by atoms with E-state index in [1.165, 1.54) is 6.08 Å². The van der Waals surface area contributed by atoms with Gasteiger partial charge >= 0.3 is 5.97 Å².